The Morgan fingerprint density at radius 3 is 2.62 bits per heavy atom. The first-order valence-electron chi connectivity index (χ1n) is 11.7. The van der Waals surface area contributed by atoms with E-state index in [1.807, 2.05) is 39.0 Å². The summed E-state index contributed by atoms with van der Waals surface area (Å²) in [6.45, 7) is 6.20. The van der Waals surface area contributed by atoms with Gasteiger partial charge in [-0.25, -0.2) is 4.98 Å². The number of rotatable bonds is 9. The Morgan fingerprint density at radius 2 is 1.92 bits per heavy atom. The smallest absolute Gasteiger partial charge is 0.275 e. The van der Waals surface area contributed by atoms with E-state index in [-0.39, 0.29) is 17.7 Å². The number of aromatic nitrogens is 3. The Balaban J connectivity index is 1.52. The number of anilines is 1. The van der Waals surface area contributed by atoms with E-state index in [2.05, 4.69) is 15.4 Å². The van der Waals surface area contributed by atoms with Gasteiger partial charge in [0.2, 0.25) is 4.96 Å². The molecule has 4 aromatic rings. The molecule has 2 aromatic carbocycles. The Labute approximate surface area is 217 Å². The van der Waals surface area contributed by atoms with Crippen LogP contribution in [0.3, 0.4) is 0 Å². The summed E-state index contributed by atoms with van der Waals surface area (Å²) < 4.78 is 12.9. The quantitative estimate of drug-likeness (QED) is 0.257. The summed E-state index contributed by atoms with van der Waals surface area (Å²) in [6.07, 6.45) is 2.21. The van der Waals surface area contributed by atoms with Gasteiger partial charge in [-0.05, 0) is 56.2 Å². The number of carbonyl (C=O) groups excluding carboxylic acids is 1. The largest absolute Gasteiger partial charge is 0.490 e. The topological polar surface area (TPSA) is 119 Å². The molecular weight excluding hydrogens is 490 g/mol. The molecule has 0 saturated carbocycles. The van der Waals surface area contributed by atoms with Gasteiger partial charge >= 0.3 is 0 Å². The van der Waals surface area contributed by atoms with Crippen molar-refractivity contribution < 1.29 is 14.3 Å². The molecule has 1 amide bonds. The maximum atomic E-state index is 12.6. The van der Waals surface area contributed by atoms with E-state index in [1.165, 1.54) is 28.0 Å². The summed E-state index contributed by atoms with van der Waals surface area (Å²) >= 11 is 1.37. The van der Waals surface area contributed by atoms with Gasteiger partial charge in [0.1, 0.15) is 23.3 Å². The molecule has 0 saturated heterocycles. The number of nitrogens with zero attached hydrogens (tertiary/aromatic N) is 4. The Kier molecular flexibility index (Phi) is 7.95. The standard InChI is InChI=1S/C27H25N5O4S/c1-4-24-31-32-25(33)14-21(30-27(32)37-24)16-36-22-11-8-18(13-23(22)35-5-2)12-19(15-28)26(34)29-20-9-6-17(3)7-10-20/h6-14H,4-5,16H2,1-3H3,(H,29,34)/b19-12+. The number of benzene rings is 2. The average Bonchev–Trinajstić information content (AvgIpc) is 3.32. The molecule has 0 spiro atoms. The zero-order valence-corrected chi connectivity index (χ0v) is 21.5. The van der Waals surface area contributed by atoms with Crippen molar-refractivity contribution in [2.45, 2.75) is 33.8 Å². The highest BCUT2D eigenvalue weighted by molar-refractivity contribution is 7.16. The molecule has 188 valence electrons. The van der Waals surface area contributed by atoms with Crippen molar-refractivity contribution in [3.63, 3.8) is 0 Å². The number of hydrogen-bond donors (Lipinski definition) is 1. The van der Waals surface area contributed by atoms with Crippen LogP contribution in [0.2, 0.25) is 0 Å². The molecule has 0 radical (unpaired) electrons. The minimum absolute atomic E-state index is 0.0503. The van der Waals surface area contributed by atoms with Gasteiger partial charge in [0.15, 0.2) is 11.5 Å². The molecule has 0 aliphatic carbocycles. The van der Waals surface area contributed by atoms with E-state index >= 15 is 0 Å². The van der Waals surface area contributed by atoms with Gasteiger partial charge in [-0.2, -0.15) is 14.9 Å². The molecule has 0 aliphatic rings. The summed E-state index contributed by atoms with van der Waals surface area (Å²) in [5.41, 5.74) is 2.43. The van der Waals surface area contributed by atoms with Gasteiger partial charge in [0.05, 0.1) is 12.3 Å². The van der Waals surface area contributed by atoms with Crippen LogP contribution in [0.15, 0.2) is 58.9 Å². The molecule has 0 bridgehead atoms. The van der Waals surface area contributed by atoms with Crippen LogP contribution in [0, 0.1) is 18.3 Å². The summed E-state index contributed by atoms with van der Waals surface area (Å²) in [4.78, 5) is 30.0. The van der Waals surface area contributed by atoms with Gasteiger partial charge in [-0.15, -0.1) is 0 Å². The monoisotopic (exact) mass is 515 g/mol. The first kappa shape index (κ1) is 25.6. The van der Waals surface area contributed by atoms with E-state index in [9.17, 15) is 14.9 Å². The fraction of sp³-hybridized carbons (Fsp3) is 0.222. The molecule has 0 fully saturated rings. The maximum absolute atomic E-state index is 12.6. The van der Waals surface area contributed by atoms with Crippen molar-refractivity contribution >= 4 is 34.0 Å². The normalized spacial score (nSPS) is 11.2. The number of ether oxygens (including phenoxy) is 2. The first-order valence-corrected chi connectivity index (χ1v) is 12.5. The number of carbonyl (C=O) groups is 1. The number of fused-ring (bicyclic) bond motifs is 1. The van der Waals surface area contributed by atoms with Gasteiger partial charge < -0.3 is 14.8 Å². The lowest BCUT2D eigenvalue weighted by molar-refractivity contribution is -0.112. The molecule has 2 aromatic heterocycles. The van der Waals surface area contributed by atoms with Crippen LogP contribution in [0.1, 0.15) is 35.7 Å². The zero-order chi connectivity index (χ0) is 26.4. The van der Waals surface area contributed by atoms with Crippen LogP contribution >= 0.6 is 11.3 Å². The molecule has 37 heavy (non-hydrogen) atoms. The van der Waals surface area contributed by atoms with E-state index in [1.54, 1.807) is 30.3 Å². The minimum atomic E-state index is -0.508. The number of aryl methyl sites for hydroxylation is 2. The van der Waals surface area contributed by atoms with E-state index in [4.69, 9.17) is 9.47 Å². The summed E-state index contributed by atoms with van der Waals surface area (Å²) in [5.74, 6) is 0.380. The minimum Gasteiger partial charge on any atom is -0.490 e. The number of nitrogens with one attached hydrogen (secondary N) is 1. The van der Waals surface area contributed by atoms with Crippen LogP contribution in [0.25, 0.3) is 11.0 Å². The van der Waals surface area contributed by atoms with Crippen LogP contribution in [0.4, 0.5) is 5.69 Å². The summed E-state index contributed by atoms with van der Waals surface area (Å²) in [6, 6.07) is 15.8. The first-order chi connectivity index (χ1) is 17.9. The molecular formula is C27H25N5O4S. The molecule has 0 atom stereocenters. The van der Waals surface area contributed by atoms with E-state index in [0.29, 0.717) is 40.0 Å². The molecule has 0 unspecified atom stereocenters. The summed E-state index contributed by atoms with van der Waals surface area (Å²) in [5, 5.41) is 17.4. The third-order valence-corrected chi connectivity index (χ3v) is 6.32. The highest BCUT2D eigenvalue weighted by Gasteiger charge is 2.13. The highest BCUT2D eigenvalue weighted by Crippen LogP contribution is 2.30. The predicted molar refractivity (Wildman–Crippen MR) is 142 cm³/mol. The Bertz CT molecular complexity index is 1560. The van der Waals surface area contributed by atoms with Crippen LogP contribution < -0.4 is 20.3 Å². The van der Waals surface area contributed by atoms with Crippen LogP contribution in [-0.4, -0.2) is 27.1 Å². The molecule has 0 aliphatic heterocycles. The molecule has 9 nitrogen and oxygen atoms in total. The van der Waals surface area contributed by atoms with E-state index in [0.717, 1.165) is 17.0 Å². The van der Waals surface area contributed by atoms with Crippen molar-refractivity contribution in [3.8, 4) is 17.6 Å². The highest BCUT2D eigenvalue weighted by atomic mass is 32.1. The van der Waals surface area contributed by atoms with Gasteiger partial charge in [0, 0.05) is 11.8 Å². The fourth-order valence-electron chi connectivity index (χ4n) is 3.42. The maximum Gasteiger partial charge on any atom is 0.275 e. The van der Waals surface area contributed by atoms with Crippen LogP contribution in [-0.2, 0) is 17.8 Å². The lowest BCUT2D eigenvalue weighted by Crippen LogP contribution is -2.16. The van der Waals surface area contributed by atoms with Crippen molar-refractivity contribution in [1.82, 2.24) is 14.6 Å². The number of nitriles is 1. The fourth-order valence-corrected chi connectivity index (χ4v) is 4.27. The third kappa shape index (κ3) is 6.20. The van der Waals surface area contributed by atoms with Gasteiger partial charge in [-0.3, -0.25) is 9.59 Å². The van der Waals surface area contributed by atoms with Gasteiger partial charge in [-0.1, -0.05) is 42.0 Å². The molecule has 1 N–H and O–H groups in total. The van der Waals surface area contributed by atoms with Crippen molar-refractivity contribution in [2.75, 3.05) is 11.9 Å². The lowest BCUT2D eigenvalue weighted by Gasteiger charge is -2.12. The molecule has 10 heteroatoms. The third-order valence-electron chi connectivity index (χ3n) is 5.27. The average molecular weight is 516 g/mol. The Morgan fingerprint density at radius 1 is 1.14 bits per heavy atom. The predicted octanol–water partition coefficient (Wildman–Crippen LogP) is 4.55. The number of amides is 1. The van der Waals surface area contributed by atoms with Crippen molar-refractivity contribution in [1.29, 1.82) is 5.26 Å². The second-order valence-corrected chi connectivity index (χ2v) is 9.09. The lowest BCUT2D eigenvalue weighted by atomic mass is 10.1. The molecule has 4 rings (SSSR count). The van der Waals surface area contributed by atoms with E-state index < -0.39 is 5.91 Å². The zero-order valence-electron chi connectivity index (χ0n) is 20.6. The number of hydrogen-bond acceptors (Lipinski definition) is 8. The van der Waals surface area contributed by atoms with Gasteiger partial charge in [0.25, 0.3) is 11.5 Å². The van der Waals surface area contributed by atoms with Crippen molar-refractivity contribution in [2.24, 2.45) is 0 Å². The van der Waals surface area contributed by atoms with Crippen LogP contribution in [0.5, 0.6) is 11.5 Å². The van der Waals surface area contributed by atoms with Crippen molar-refractivity contribution in [3.05, 3.63) is 86.3 Å². The Hall–Kier alpha value is -4.49. The summed E-state index contributed by atoms with van der Waals surface area (Å²) in [7, 11) is 0. The second kappa shape index (κ2) is 11.5. The SMILES string of the molecule is CCOc1cc(/C=C(\C#N)C(=O)Nc2ccc(C)cc2)ccc1OCc1cc(=O)n2nc(CC)sc2n1. The second-order valence-electron chi connectivity index (χ2n) is 8.05. The molecule has 2 heterocycles.